The molecule has 1 fully saturated rings. The number of aliphatic imine (C=N–C) groups is 1. The summed E-state index contributed by atoms with van der Waals surface area (Å²) in [6.45, 7) is 36.7. The molecule has 28 heteroatoms. The summed E-state index contributed by atoms with van der Waals surface area (Å²) in [5.74, 6) is -3.25. The van der Waals surface area contributed by atoms with Crippen molar-refractivity contribution in [1.29, 1.82) is 0 Å². The fourth-order valence-corrected chi connectivity index (χ4v) is 17.2. The van der Waals surface area contributed by atoms with Crippen molar-refractivity contribution in [3.63, 3.8) is 0 Å². The van der Waals surface area contributed by atoms with E-state index in [0.29, 0.717) is 189 Å². The van der Waals surface area contributed by atoms with Crippen LogP contribution >= 0.6 is 0 Å². The van der Waals surface area contributed by atoms with Gasteiger partial charge in [-0.2, -0.15) is 0 Å². The summed E-state index contributed by atoms with van der Waals surface area (Å²) in [5, 5.41) is 41.0. The van der Waals surface area contributed by atoms with Crippen molar-refractivity contribution < 1.29 is 67.3 Å². The van der Waals surface area contributed by atoms with Gasteiger partial charge in [-0.25, -0.2) is 14.4 Å². The summed E-state index contributed by atoms with van der Waals surface area (Å²) < 4.78 is 22.0. The number of fused-ring (bicyclic) bond motifs is 2. The van der Waals surface area contributed by atoms with Crippen LogP contribution in [0.1, 0.15) is 289 Å². The number of nitrogens with two attached hydrogens (primary N) is 1. The molecule has 6 amide bonds. The maximum atomic E-state index is 15.6. The van der Waals surface area contributed by atoms with Gasteiger partial charge in [0, 0.05) is 149 Å². The fraction of sp³-hybridized carbons (Fsp3) is 0.680. The van der Waals surface area contributed by atoms with Crippen LogP contribution in [0.2, 0.25) is 0 Å². The Morgan fingerprint density at radius 1 is 0.584 bits per heavy atom. The zero-order valence-corrected chi connectivity index (χ0v) is 78.8. The lowest BCUT2D eigenvalue weighted by molar-refractivity contribution is -0.134. The number of rotatable bonds is 48. The third-order valence-corrected chi connectivity index (χ3v) is 23.3. The lowest BCUT2D eigenvalue weighted by Crippen LogP contribution is -2.50. The van der Waals surface area contributed by atoms with Crippen molar-refractivity contribution in [1.82, 2.24) is 60.9 Å². The van der Waals surface area contributed by atoms with Gasteiger partial charge in [0.25, 0.3) is 0 Å². The molecule has 0 bridgehead atoms. The van der Waals surface area contributed by atoms with Gasteiger partial charge in [0.2, 0.25) is 29.5 Å². The average Bonchev–Trinajstić information content (AvgIpc) is 1.53. The van der Waals surface area contributed by atoms with Crippen LogP contribution in [0.3, 0.4) is 0 Å². The van der Waals surface area contributed by atoms with E-state index in [9.17, 15) is 38.7 Å². The molecule has 8 unspecified atom stereocenters. The van der Waals surface area contributed by atoms with Gasteiger partial charge in [0.1, 0.15) is 28.3 Å². The highest BCUT2D eigenvalue weighted by Crippen LogP contribution is 2.38. The first-order valence-corrected chi connectivity index (χ1v) is 46.2. The maximum Gasteiger partial charge on any atom is 0.419 e. The van der Waals surface area contributed by atoms with Gasteiger partial charge in [-0.05, 0) is 238 Å². The van der Waals surface area contributed by atoms with E-state index >= 15 is 14.4 Å². The third-order valence-electron chi connectivity index (χ3n) is 23.3. The largest absolute Gasteiger partial charge is 0.511 e. The number of unbranched alkanes of at least 4 members (excludes halogenated alkanes) is 3. The Hall–Kier alpha value is -9.31. The van der Waals surface area contributed by atoms with Gasteiger partial charge in [0.05, 0.1) is 28.3 Å². The van der Waals surface area contributed by atoms with Crippen LogP contribution in [-0.4, -0.2) is 180 Å². The lowest BCUT2D eigenvalue weighted by atomic mass is 9.75. The number of nitrogens with zero attached hydrogens (tertiary/aromatic N) is 7. The molecule has 4 heterocycles. The summed E-state index contributed by atoms with van der Waals surface area (Å²) in [6.07, 6.45) is 16.4. The van der Waals surface area contributed by atoms with Gasteiger partial charge in [0.15, 0.2) is 5.78 Å². The molecule has 7 rings (SSSR count). The molecule has 2 aromatic carbocycles. The van der Waals surface area contributed by atoms with E-state index in [2.05, 4.69) is 69.9 Å². The van der Waals surface area contributed by atoms with E-state index in [-0.39, 0.29) is 102 Å². The number of aromatic nitrogens is 5. The van der Waals surface area contributed by atoms with Gasteiger partial charge < -0.3 is 61.3 Å². The van der Waals surface area contributed by atoms with E-state index < -0.39 is 76.9 Å². The van der Waals surface area contributed by atoms with Crippen LogP contribution in [-0.2, 0) is 73.6 Å². The molecule has 3 aromatic heterocycles. The van der Waals surface area contributed by atoms with Gasteiger partial charge in [-0.15, -0.1) is 5.10 Å². The van der Waals surface area contributed by atoms with Crippen LogP contribution in [0.15, 0.2) is 83.4 Å². The highest BCUT2D eigenvalue weighted by atomic mass is 16.6. The van der Waals surface area contributed by atoms with Crippen LogP contribution < -0.4 is 37.6 Å². The molecule has 1 aliphatic carbocycles. The predicted molar refractivity (Wildman–Crippen MR) is 491 cm³/mol. The fourth-order valence-electron chi connectivity index (χ4n) is 17.2. The number of likely N-dealkylation sites (tertiary alicyclic amines) is 1. The number of aliphatic hydroxyl groups excluding tert-OH is 1. The number of carbonyl (C=O) groups excluding carboxylic acids is 10. The summed E-state index contributed by atoms with van der Waals surface area (Å²) in [5.41, 5.74) is 7.70. The normalized spacial score (nSPS) is 16.2. The van der Waals surface area contributed by atoms with Gasteiger partial charge in [-0.1, -0.05) is 116 Å². The highest BCUT2D eigenvalue weighted by Gasteiger charge is 2.37. The second kappa shape index (κ2) is 48.6. The number of allylic oxidation sites excluding steroid dienone is 2. The number of aliphatic hydroxyl groups is 1. The summed E-state index contributed by atoms with van der Waals surface area (Å²) in [7, 11) is 1.62. The van der Waals surface area contributed by atoms with Crippen molar-refractivity contribution in [3.8, 4) is 0 Å². The number of aryl methyl sites for hydroxylation is 1. The molecule has 125 heavy (non-hydrogen) atoms. The van der Waals surface area contributed by atoms with E-state index in [1.54, 1.807) is 65.7 Å². The SMILES string of the molecule is CNC(=O)C(CCC(CC(C)C)NC(=O)C(CCCCn1cc(CC(NCN)C(=O)N2CCCCC2)nn1)CCC(NC(=O)C(CCCCNC(=O)OC(C)(C)C)CCC(Cc1cn(C(=O)OC(C)(C)C)c2ccccc12)NC(=O)C(CCCCN=C(CC(C)C)C1=C(O)CC(C)(C)CC1=O)CC(C)=O)C(C)C)Cc1cn(C(=O)OC(C)(C)C)c2ccccc12. The van der Waals surface area contributed by atoms with Crippen LogP contribution in [0.5, 0.6) is 0 Å². The summed E-state index contributed by atoms with van der Waals surface area (Å²) >= 11 is 0. The number of hydrogen-bond acceptors (Lipinski definition) is 19. The molecular formula is C97H152N14O14. The Labute approximate surface area is 743 Å². The second-order valence-electron chi connectivity index (χ2n) is 40.0. The molecule has 5 aromatic rings. The Bertz CT molecular complexity index is 4440. The molecule has 0 radical (unpaired) electrons. The predicted octanol–water partition coefficient (Wildman–Crippen LogP) is 16.1. The number of benzene rings is 2. The molecule has 8 atom stereocenters. The van der Waals surface area contributed by atoms with Crippen LogP contribution in [0, 0.1) is 46.8 Å². The van der Waals surface area contributed by atoms with Crippen molar-refractivity contribution >= 4 is 86.9 Å². The van der Waals surface area contributed by atoms with Gasteiger partial charge >= 0.3 is 18.3 Å². The summed E-state index contributed by atoms with van der Waals surface area (Å²) in [6, 6.07) is 13.1. The highest BCUT2D eigenvalue weighted by molar-refractivity contribution is 6.23. The first kappa shape index (κ1) is 103. The number of para-hydroxylation sites is 2. The minimum absolute atomic E-state index is 0.00177. The number of carbonyl (C=O) groups is 10. The Balaban J connectivity index is 1.17. The van der Waals surface area contributed by atoms with Crippen LogP contribution in [0.4, 0.5) is 14.4 Å². The second-order valence-corrected chi connectivity index (χ2v) is 40.0. The number of piperidine rings is 1. The van der Waals surface area contributed by atoms with Crippen molar-refractivity contribution in [2.45, 2.75) is 339 Å². The smallest absolute Gasteiger partial charge is 0.419 e. The quantitative estimate of drug-likeness (QED) is 0.00776. The molecule has 694 valence electrons. The van der Waals surface area contributed by atoms with Crippen LogP contribution in [0.25, 0.3) is 21.8 Å². The lowest BCUT2D eigenvalue weighted by Gasteiger charge is -2.30. The molecule has 2 aliphatic rings. The monoisotopic (exact) mass is 1740 g/mol. The topological polar surface area (TPSA) is 373 Å². The average molecular weight is 1740 g/mol. The zero-order valence-electron chi connectivity index (χ0n) is 78.8. The van der Waals surface area contributed by atoms with Gasteiger partial charge in [-0.3, -0.25) is 52.9 Å². The number of nitrogens with one attached hydrogen (secondary N) is 6. The first-order chi connectivity index (χ1) is 58.9. The molecule has 0 saturated carbocycles. The van der Waals surface area contributed by atoms with E-state index in [0.717, 1.165) is 41.2 Å². The number of ketones is 2. The summed E-state index contributed by atoms with van der Waals surface area (Å²) in [4.78, 5) is 148. The molecule has 1 saturated heterocycles. The first-order valence-electron chi connectivity index (χ1n) is 46.2. The van der Waals surface area contributed by atoms with E-state index in [1.165, 1.54) is 16.1 Å². The molecule has 1 aliphatic heterocycles. The van der Waals surface area contributed by atoms with E-state index in [1.807, 2.05) is 108 Å². The van der Waals surface area contributed by atoms with E-state index in [4.69, 9.17) is 24.9 Å². The van der Waals surface area contributed by atoms with Crippen molar-refractivity contribution in [2.24, 2.45) is 57.6 Å². The molecule has 28 nitrogen and oxygen atoms in total. The molecule has 0 spiro atoms. The minimum Gasteiger partial charge on any atom is -0.511 e. The Kier molecular flexibility index (Phi) is 39.9. The number of hydrogen-bond donors (Lipinski definition) is 8. The molecular weight excluding hydrogens is 1590 g/mol. The Morgan fingerprint density at radius 2 is 1.12 bits per heavy atom. The number of alkyl carbamates (subject to hydrolysis) is 1. The number of ether oxygens (including phenoxy) is 3. The van der Waals surface area contributed by atoms with Crippen molar-refractivity contribution in [2.75, 3.05) is 39.9 Å². The number of amides is 6. The third kappa shape index (κ3) is 34.4. The number of Topliss-reactive ketones (excluding diaryl/α,β-unsaturated/α-hetero) is 2. The Morgan fingerprint density at radius 3 is 1.68 bits per heavy atom. The maximum absolute atomic E-state index is 15.6. The zero-order chi connectivity index (χ0) is 92.1. The molecule has 9 N–H and O–H groups in total. The minimum atomic E-state index is -0.815. The standard InChI is InChI=1S/C97H152N14O14/c1-63(2)51-73(44-41-70(86(115)99-19)54-71-59-110(92(121)124-95(11,12)13)81-38-23-21-36-76(71)81)103-87(116)68(34-27-32-50-109-61-75(106-107-109)56-80(102-62-98)90(119)108-48-30-20-31-49-108)42-45-78(65(5)6)105-88(117)67(33-25-29-47-101-91(120)123-94(8,9)10)40-43-74(55-72-60-111(93(122)125-96(14,15)16)82-39-24-22-37-77(72)82)104-89(118)69(53-66(7)112)35-26-28-46-100-79(52-64(3)4)85-83(113)57-97(17,18)58-84(85)114/h21-24,36-39,59-61,63-65,67-70,73-74,78,80,102,113H,20,25-35,40-58,62,98H2,1-19H3,(H,99,115)(H,101,120)(H,103,116)(H,104,118)(H,105,117). The van der Waals surface area contributed by atoms with Crippen molar-refractivity contribution in [3.05, 3.63) is 95.3 Å².